The van der Waals surface area contributed by atoms with Crippen molar-refractivity contribution in [3.05, 3.63) is 23.2 Å². The average Bonchev–Trinajstić information content (AvgIpc) is 2.39. The van der Waals surface area contributed by atoms with Gasteiger partial charge in [-0.05, 0) is 28.3 Å². The van der Waals surface area contributed by atoms with Crippen LogP contribution in [0.5, 0.6) is 0 Å². The van der Waals surface area contributed by atoms with Gasteiger partial charge in [-0.2, -0.15) is 0 Å². The zero-order chi connectivity index (χ0) is 21.4. The van der Waals surface area contributed by atoms with Crippen molar-refractivity contribution in [2.75, 3.05) is 10.2 Å². The van der Waals surface area contributed by atoms with Crippen molar-refractivity contribution in [3.63, 3.8) is 0 Å². The summed E-state index contributed by atoms with van der Waals surface area (Å²) in [5, 5.41) is 9.18. The summed E-state index contributed by atoms with van der Waals surface area (Å²) in [5.41, 5.74) is 2.07. The van der Waals surface area contributed by atoms with Crippen molar-refractivity contribution in [1.82, 2.24) is 0 Å². The summed E-state index contributed by atoms with van der Waals surface area (Å²) >= 11 is 6.89. The molecule has 0 spiro atoms. The Morgan fingerprint density at radius 1 is 0.593 bits per heavy atom. The largest absolute Gasteiger partial charge is 0.362 e. The Bertz CT molecular complexity index is 551. The molecule has 0 heterocycles. The van der Waals surface area contributed by atoms with E-state index in [0.717, 1.165) is 16.4 Å². The van der Waals surface area contributed by atoms with Crippen LogP contribution in [0.1, 0.15) is 83.1 Å². The van der Waals surface area contributed by atoms with Crippen molar-refractivity contribution < 1.29 is 0 Å². The monoisotopic (exact) mass is 430 g/mol. The van der Waals surface area contributed by atoms with Crippen LogP contribution >= 0.6 is 27.7 Å². The highest BCUT2D eigenvalue weighted by molar-refractivity contribution is 7.62. The first kappa shape index (κ1) is 25.0. The molecule has 1 aromatic rings. The van der Waals surface area contributed by atoms with Crippen LogP contribution < -0.4 is 10.2 Å². The number of anilines is 2. The summed E-state index contributed by atoms with van der Waals surface area (Å²) in [5.74, 6) is 0. The lowest BCUT2D eigenvalue weighted by Crippen LogP contribution is -2.29. The highest BCUT2D eigenvalue weighted by Gasteiger charge is 2.37. The molecule has 1 aromatic carbocycles. The molecule has 0 aliphatic heterocycles. The third-order valence-electron chi connectivity index (χ3n) is 4.15. The lowest BCUT2D eigenvalue weighted by Gasteiger charge is -2.43. The van der Waals surface area contributed by atoms with Crippen LogP contribution in [0.3, 0.4) is 0 Å². The standard InChI is InChI=1S/C22H41ClN2P2/c1-19(2,3)26(20(4,5)6)24-16-14-13-15-17(18(16)23)25-27(21(7,8)9)22(10,11)12/h13-15,24-25H,1-12H3. The summed E-state index contributed by atoms with van der Waals surface area (Å²) in [4.78, 5) is 0. The predicted octanol–water partition coefficient (Wildman–Crippen LogP) is 9.15. The SMILES string of the molecule is CC(C)(C)P(Nc1cccc(NP(C(C)(C)C)C(C)(C)C)c1Cl)C(C)(C)C. The second kappa shape index (κ2) is 8.38. The van der Waals surface area contributed by atoms with Crippen LogP contribution in [0.25, 0.3) is 0 Å². The number of hydrogen-bond donors (Lipinski definition) is 2. The number of nitrogens with one attached hydrogen (secondary N) is 2. The second-order valence-electron chi connectivity index (χ2n) is 11.2. The van der Waals surface area contributed by atoms with Crippen molar-refractivity contribution in [3.8, 4) is 0 Å². The van der Waals surface area contributed by atoms with Crippen LogP contribution in [0.15, 0.2) is 18.2 Å². The minimum absolute atomic E-state index is 0.184. The summed E-state index contributed by atoms with van der Waals surface area (Å²) in [6, 6.07) is 6.32. The Morgan fingerprint density at radius 2 is 0.852 bits per heavy atom. The van der Waals surface area contributed by atoms with Crippen molar-refractivity contribution in [2.45, 2.75) is 104 Å². The quantitative estimate of drug-likeness (QED) is 0.465. The first-order valence-electron chi connectivity index (χ1n) is 9.77. The molecule has 1 rings (SSSR count). The van der Waals surface area contributed by atoms with E-state index < -0.39 is 16.1 Å². The molecule has 2 N–H and O–H groups in total. The Labute approximate surface area is 176 Å². The summed E-state index contributed by atoms with van der Waals surface area (Å²) in [6.07, 6.45) is 0. The molecule has 2 nitrogen and oxygen atoms in total. The summed E-state index contributed by atoms with van der Waals surface area (Å²) in [7, 11) is -0.940. The Hall–Kier alpha value is -0.0300. The normalized spacial score (nSPS) is 14.0. The third-order valence-corrected chi connectivity index (χ3v) is 10.8. The third kappa shape index (κ3) is 7.06. The first-order valence-corrected chi connectivity index (χ1v) is 12.8. The van der Waals surface area contributed by atoms with Gasteiger partial charge in [0.1, 0.15) is 0 Å². The topological polar surface area (TPSA) is 24.1 Å². The van der Waals surface area contributed by atoms with E-state index in [4.69, 9.17) is 11.6 Å². The van der Waals surface area contributed by atoms with Gasteiger partial charge in [-0.15, -0.1) is 0 Å². The van der Waals surface area contributed by atoms with E-state index in [0.29, 0.717) is 0 Å². The van der Waals surface area contributed by atoms with Gasteiger partial charge in [0.2, 0.25) is 0 Å². The second-order valence-corrected chi connectivity index (χ2v) is 18.8. The number of hydrogen-bond acceptors (Lipinski definition) is 2. The van der Waals surface area contributed by atoms with E-state index in [9.17, 15) is 0 Å². The van der Waals surface area contributed by atoms with Gasteiger partial charge in [-0.25, -0.2) is 0 Å². The highest BCUT2D eigenvalue weighted by atomic mass is 35.5. The molecule has 0 unspecified atom stereocenters. The molecule has 0 fully saturated rings. The molecule has 0 aliphatic carbocycles. The van der Waals surface area contributed by atoms with Gasteiger partial charge in [0.25, 0.3) is 0 Å². The maximum Gasteiger partial charge on any atom is 0.0873 e. The molecule has 0 bridgehead atoms. The minimum Gasteiger partial charge on any atom is -0.362 e. The Kier molecular flexibility index (Phi) is 7.76. The van der Waals surface area contributed by atoms with Gasteiger partial charge in [0.05, 0.1) is 16.4 Å². The molecular formula is C22H41ClN2P2. The van der Waals surface area contributed by atoms with Crippen LogP contribution in [-0.4, -0.2) is 20.6 Å². The zero-order valence-corrected chi connectivity index (χ0v) is 22.0. The van der Waals surface area contributed by atoms with Gasteiger partial charge in [-0.3, -0.25) is 0 Å². The molecule has 0 saturated heterocycles. The van der Waals surface area contributed by atoms with Crippen LogP contribution in [0.4, 0.5) is 11.4 Å². The van der Waals surface area contributed by atoms with Gasteiger partial charge >= 0.3 is 0 Å². The molecule has 5 heteroatoms. The molecule has 0 aromatic heterocycles. The molecule has 0 radical (unpaired) electrons. The molecule has 27 heavy (non-hydrogen) atoms. The molecule has 0 saturated carbocycles. The fourth-order valence-corrected chi connectivity index (χ4v) is 10.2. The van der Waals surface area contributed by atoms with E-state index in [2.05, 4.69) is 111 Å². The number of benzene rings is 1. The van der Waals surface area contributed by atoms with Gasteiger partial charge in [-0.1, -0.05) is 101 Å². The summed E-state index contributed by atoms with van der Waals surface area (Å²) in [6.45, 7) is 27.7. The Balaban J connectivity index is 3.27. The van der Waals surface area contributed by atoms with Crippen LogP contribution in [-0.2, 0) is 0 Å². The average molecular weight is 431 g/mol. The minimum atomic E-state index is -0.470. The number of halogens is 1. The lowest BCUT2D eigenvalue weighted by molar-refractivity contribution is 0.710. The van der Waals surface area contributed by atoms with Crippen LogP contribution in [0, 0.1) is 0 Å². The molecule has 156 valence electrons. The van der Waals surface area contributed by atoms with E-state index in [1.807, 2.05) is 0 Å². The maximum atomic E-state index is 6.89. The van der Waals surface area contributed by atoms with E-state index in [1.165, 1.54) is 0 Å². The fourth-order valence-electron chi connectivity index (χ4n) is 3.63. The van der Waals surface area contributed by atoms with Crippen molar-refractivity contribution >= 4 is 39.1 Å². The predicted molar refractivity (Wildman–Crippen MR) is 132 cm³/mol. The Morgan fingerprint density at radius 3 is 1.07 bits per heavy atom. The molecule has 0 amide bonds. The van der Waals surface area contributed by atoms with E-state index in [-0.39, 0.29) is 20.6 Å². The first-order chi connectivity index (χ1) is 11.8. The lowest BCUT2D eigenvalue weighted by atomic mass is 10.2. The smallest absolute Gasteiger partial charge is 0.0873 e. The zero-order valence-electron chi connectivity index (χ0n) is 19.5. The number of rotatable bonds is 4. The van der Waals surface area contributed by atoms with Gasteiger partial charge in [0.15, 0.2) is 0 Å². The summed E-state index contributed by atoms with van der Waals surface area (Å²) < 4.78 is 0. The fraction of sp³-hybridized carbons (Fsp3) is 0.727. The molecule has 0 aliphatic rings. The van der Waals surface area contributed by atoms with E-state index >= 15 is 0 Å². The highest BCUT2D eigenvalue weighted by Crippen LogP contribution is 2.61. The molecule has 0 atom stereocenters. The maximum absolute atomic E-state index is 6.89. The van der Waals surface area contributed by atoms with Crippen molar-refractivity contribution in [2.24, 2.45) is 0 Å². The van der Waals surface area contributed by atoms with Crippen molar-refractivity contribution in [1.29, 1.82) is 0 Å². The van der Waals surface area contributed by atoms with Gasteiger partial charge < -0.3 is 10.2 Å². The van der Waals surface area contributed by atoms with Crippen LogP contribution in [0.2, 0.25) is 5.02 Å². The molecular weight excluding hydrogens is 390 g/mol. The van der Waals surface area contributed by atoms with Gasteiger partial charge in [0, 0.05) is 20.6 Å². The van der Waals surface area contributed by atoms with E-state index in [1.54, 1.807) is 0 Å².